The van der Waals surface area contributed by atoms with Gasteiger partial charge in [-0.15, -0.1) is 0 Å². The minimum Gasteiger partial charge on any atom is -0.234 e. The Labute approximate surface area is 74.9 Å². The Balaban J connectivity index is 2.93. The molecule has 0 heterocycles. The average molecular weight is 226 g/mol. The molecule has 7 heteroatoms. The zero-order valence-electron chi connectivity index (χ0n) is 5.96. The summed E-state index contributed by atoms with van der Waals surface area (Å²) >= 11 is 4.55. The maximum atomic E-state index is 12.7. The highest BCUT2D eigenvalue weighted by molar-refractivity contribution is 6.24. The third kappa shape index (κ3) is 1.45. The van der Waals surface area contributed by atoms with Gasteiger partial charge in [0.25, 0.3) is 5.13 Å². The number of alkyl halides is 6. The smallest absolute Gasteiger partial charge is 0.234 e. The zero-order valence-corrected chi connectivity index (χ0v) is 6.71. The van der Waals surface area contributed by atoms with E-state index >= 15 is 0 Å². The molecule has 1 fully saturated rings. The molecule has 0 nitrogen and oxygen atoms in total. The van der Waals surface area contributed by atoms with Crippen LogP contribution in [-0.2, 0) is 0 Å². The van der Waals surface area contributed by atoms with Crippen molar-refractivity contribution < 1.29 is 26.3 Å². The van der Waals surface area contributed by atoms with Crippen LogP contribution >= 0.6 is 11.6 Å². The van der Waals surface area contributed by atoms with Gasteiger partial charge in [-0.1, -0.05) is 11.6 Å². The van der Waals surface area contributed by atoms with Crippen molar-refractivity contribution in [3.8, 4) is 0 Å². The second-order valence-corrected chi connectivity index (χ2v) is 3.25. The molecule has 0 saturated heterocycles. The first-order valence-electron chi connectivity index (χ1n) is 3.26. The van der Waals surface area contributed by atoms with E-state index in [1.54, 1.807) is 0 Å². The first-order chi connectivity index (χ1) is 5.80. The van der Waals surface area contributed by atoms with Crippen LogP contribution in [0.5, 0.6) is 0 Å². The van der Waals surface area contributed by atoms with Crippen LogP contribution in [0.25, 0.3) is 0 Å². The maximum absolute atomic E-state index is 12.7. The van der Waals surface area contributed by atoms with Crippen molar-refractivity contribution in [2.45, 2.75) is 29.8 Å². The van der Waals surface area contributed by atoms with Gasteiger partial charge in [0.05, 0.1) is 0 Å². The van der Waals surface area contributed by atoms with Crippen molar-refractivity contribution in [2.24, 2.45) is 0 Å². The summed E-state index contributed by atoms with van der Waals surface area (Å²) in [5.74, 6) is 0. The molecular formula is C6H4ClF6+. The maximum Gasteiger partial charge on any atom is 0.375 e. The van der Waals surface area contributed by atoms with Gasteiger partial charge in [0, 0.05) is 0 Å². The van der Waals surface area contributed by atoms with Gasteiger partial charge in [-0.25, -0.2) is 13.2 Å². The number of hydrogen-bond donors (Lipinski definition) is 0. The molecular weight excluding hydrogens is 222 g/mol. The summed E-state index contributed by atoms with van der Waals surface area (Å²) in [7, 11) is 0. The molecule has 0 aromatic rings. The zero-order chi connectivity index (χ0) is 10.4. The van der Waals surface area contributed by atoms with Crippen molar-refractivity contribution in [3.05, 3.63) is 6.17 Å². The third-order valence-corrected chi connectivity index (χ3v) is 2.19. The fraction of sp³-hybridized carbons (Fsp3) is 0.833. The lowest BCUT2D eigenvalue weighted by atomic mass is 9.90. The summed E-state index contributed by atoms with van der Waals surface area (Å²) in [6.45, 7) is 0. The van der Waals surface area contributed by atoms with E-state index in [9.17, 15) is 26.3 Å². The fourth-order valence-electron chi connectivity index (χ4n) is 0.974. The molecule has 1 saturated carbocycles. The molecule has 0 aliphatic heterocycles. The monoisotopic (exact) mass is 225 g/mol. The summed E-state index contributed by atoms with van der Waals surface area (Å²) < 4.78 is 74.7. The van der Waals surface area contributed by atoms with Crippen molar-refractivity contribution in [3.63, 3.8) is 0 Å². The lowest BCUT2D eigenvalue weighted by Crippen LogP contribution is -2.56. The van der Waals surface area contributed by atoms with Crippen LogP contribution in [0, 0.1) is 6.17 Å². The molecule has 0 amide bonds. The van der Waals surface area contributed by atoms with Gasteiger partial charge in [0.2, 0.25) is 12.3 Å². The molecule has 0 aromatic carbocycles. The number of hydrogen-bond acceptors (Lipinski definition) is 0. The molecule has 1 aliphatic carbocycles. The predicted molar refractivity (Wildman–Crippen MR) is 33.6 cm³/mol. The lowest BCUT2D eigenvalue weighted by Gasteiger charge is -2.29. The lowest BCUT2D eigenvalue weighted by molar-refractivity contribution is -0.0791. The Hall–Kier alpha value is -0.260. The van der Waals surface area contributed by atoms with E-state index in [0.717, 1.165) is 0 Å². The van der Waals surface area contributed by atoms with Crippen molar-refractivity contribution >= 4 is 11.6 Å². The van der Waals surface area contributed by atoms with Crippen LogP contribution in [0.15, 0.2) is 0 Å². The van der Waals surface area contributed by atoms with Crippen LogP contribution in [0.1, 0.15) is 0 Å². The molecule has 0 N–H and O–H groups in total. The first-order valence-corrected chi connectivity index (χ1v) is 3.64. The number of rotatable bonds is 0. The largest absolute Gasteiger partial charge is 0.375 e. The van der Waals surface area contributed by atoms with Crippen molar-refractivity contribution in [1.29, 1.82) is 0 Å². The molecule has 76 valence electrons. The molecule has 0 aromatic heterocycles. The Kier molecular flexibility index (Phi) is 2.62. The van der Waals surface area contributed by atoms with Gasteiger partial charge in [0.1, 0.15) is 0 Å². The highest BCUT2D eigenvalue weighted by Gasteiger charge is 2.71. The number of halogens is 7. The second-order valence-electron chi connectivity index (χ2n) is 2.67. The standard InChI is InChI=1S/C6H4ClF6/c7-6(13)4(11)2(9)1(8)3(10)5(6)12/h2-5H/q+1. The van der Waals surface area contributed by atoms with E-state index in [2.05, 4.69) is 11.6 Å². The van der Waals surface area contributed by atoms with Gasteiger partial charge in [0.15, 0.2) is 0 Å². The minimum atomic E-state index is -3.85. The first kappa shape index (κ1) is 10.8. The predicted octanol–water partition coefficient (Wildman–Crippen LogP) is 2.76. The molecule has 0 spiro atoms. The van der Waals surface area contributed by atoms with E-state index in [4.69, 9.17) is 0 Å². The van der Waals surface area contributed by atoms with Crippen molar-refractivity contribution in [1.82, 2.24) is 0 Å². The van der Waals surface area contributed by atoms with E-state index in [-0.39, 0.29) is 0 Å². The fourth-order valence-corrected chi connectivity index (χ4v) is 1.20. The third-order valence-electron chi connectivity index (χ3n) is 1.78. The quantitative estimate of drug-likeness (QED) is 0.338. The second kappa shape index (κ2) is 3.15. The Morgan fingerprint density at radius 1 is 1.00 bits per heavy atom. The topological polar surface area (TPSA) is 0 Å². The normalized spacial score (nSPS) is 52.4. The van der Waals surface area contributed by atoms with E-state index in [0.29, 0.717) is 0 Å². The van der Waals surface area contributed by atoms with Crippen LogP contribution < -0.4 is 0 Å². The highest BCUT2D eigenvalue weighted by atomic mass is 35.5. The summed E-state index contributed by atoms with van der Waals surface area (Å²) in [5, 5.41) is -3.85. The van der Waals surface area contributed by atoms with E-state index in [1.807, 2.05) is 0 Å². The van der Waals surface area contributed by atoms with E-state index < -0.39 is 36.0 Å². The summed E-state index contributed by atoms with van der Waals surface area (Å²) in [5.41, 5.74) is 0. The van der Waals surface area contributed by atoms with Gasteiger partial charge < -0.3 is 0 Å². The molecule has 1 aliphatic rings. The van der Waals surface area contributed by atoms with Crippen LogP contribution in [-0.4, -0.2) is 29.8 Å². The van der Waals surface area contributed by atoms with E-state index in [1.165, 1.54) is 0 Å². The van der Waals surface area contributed by atoms with Gasteiger partial charge in [-0.3, -0.25) is 0 Å². The Morgan fingerprint density at radius 3 is 1.62 bits per heavy atom. The summed E-state index contributed by atoms with van der Waals surface area (Å²) in [6.07, 6.45) is -15.0. The molecule has 4 unspecified atom stereocenters. The highest BCUT2D eigenvalue weighted by Crippen LogP contribution is 2.46. The molecule has 13 heavy (non-hydrogen) atoms. The average Bonchev–Trinajstić information content (AvgIpc) is 2.09. The van der Waals surface area contributed by atoms with Crippen molar-refractivity contribution in [2.75, 3.05) is 0 Å². The Morgan fingerprint density at radius 2 is 1.31 bits per heavy atom. The SMILES string of the molecule is F[C+]1C(F)C(F)C(F)(Cl)C(F)C1F. The summed E-state index contributed by atoms with van der Waals surface area (Å²) in [4.78, 5) is 0. The molecule has 1 rings (SSSR count). The Bertz CT molecular complexity index is 180. The van der Waals surface area contributed by atoms with Crippen LogP contribution in [0.4, 0.5) is 26.3 Å². The molecule has 4 atom stereocenters. The van der Waals surface area contributed by atoms with Crippen LogP contribution in [0.3, 0.4) is 0 Å². The van der Waals surface area contributed by atoms with Gasteiger partial charge >= 0.3 is 18.5 Å². The molecule has 0 radical (unpaired) electrons. The van der Waals surface area contributed by atoms with Gasteiger partial charge in [-0.2, -0.15) is 8.78 Å². The molecule has 0 bridgehead atoms. The van der Waals surface area contributed by atoms with Crippen LogP contribution in [0.2, 0.25) is 0 Å². The minimum absolute atomic E-state index is 2.20. The van der Waals surface area contributed by atoms with Gasteiger partial charge in [-0.05, 0) is 4.39 Å². The summed E-state index contributed by atoms with van der Waals surface area (Å²) in [6, 6.07) is 0.